The van der Waals surface area contributed by atoms with Crippen LogP contribution in [0.4, 0.5) is 4.39 Å². The molecule has 0 radical (unpaired) electrons. The molecule has 0 heterocycles. The summed E-state index contributed by atoms with van der Waals surface area (Å²) in [6.45, 7) is 11.4. The third-order valence-electron chi connectivity index (χ3n) is 7.24. The molecule has 0 aromatic heterocycles. The van der Waals surface area contributed by atoms with Gasteiger partial charge in [0, 0.05) is 18.4 Å². The van der Waals surface area contributed by atoms with E-state index in [2.05, 4.69) is 56.9 Å². The highest BCUT2D eigenvalue weighted by atomic mass is 28.4. The maximum absolute atomic E-state index is 15.0. The lowest BCUT2D eigenvalue weighted by atomic mass is 10.0. The molecule has 0 aliphatic heterocycles. The van der Waals surface area contributed by atoms with Gasteiger partial charge in [0.15, 0.2) is 6.10 Å². The molecule has 0 fully saturated rings. The molecule has 1 N–H and O–H groups in total. The van der Waals surface area contributed by atoms with Gasteiger partial charge in [-0.05, 0) is 46.1 Å². The van der Waals surface area contributed by atoms with E-state index in [4.69, 9.17) is 13.9 Å². The molecule has 218 valence electrons. The monoisotopic (exact) mass is 574 g/mol. The van der Waals surface area contributed by atoms with Crippen molar-refractivity contribution in [2.45, 2.75) is 64.9 Å². The Morgan fingerprint density at radius 3 is 2.00 bits per heavy atom. The molecule has 0 bridgehead atoms. The van der Waals surface area contributed by atoms with Crippen molar-refractivity contribution in [3.05, 3.63) is 102 Å². The van der Waals surface area contributed by atoms with Crippen LogP contribution in [-0.2, 0) is 15.8 Å². The molecule has 0 saturated carbocycles. The molecule has 0 spiro atoms. The van der Waals surface area contributed by atoms with E-state index in [1.54, 1.807) is 7.11 Å². The summed E-state index contributed by atoms with van der Waals surface area (Å²) in [5.74, 6) is 5.26. The zero-order chi connectivity index (χ0) is 29.9. The number of hydrogen-bond donors (Lipinski definition) is 1. The van der Waals surface area contributed by atoms with E-state index in [9.17, 15) is 5.11 Å². The minimum Gasteiger partial charge on any atom is -0.497 e. The Morgan fingerprint density at radius 2 is 1.49 bits per heavy atom. The summed E-state index contributed by atoms with van der Waals surface area (Å²) in [4.78, 5) is 0. The lowest BCUT2D eigenvalue weighted by molar-refractivity contribution is 0.126. The summed E-state index contributed by atoms with van der Waals surface area (Å²) in [6, 6.07) is 28.4. The molecular weight excluding hydrogens is 531 g/mol. The second kappa shape index (κ2) is 15.1. The molecule has 3 atom stereocenters. The normalized spacial score (nSPS) is 14.5. The summed E-state index contributed by atoms with van der Waals surface area (Å²) >= 11 is 0. The summed E-state index contributed by atoms with van der Waals surface area (Å²) in [5.41, 5.74) is 1.02. The van der Waals surface area contributed by atoms with Crippen LogP contribution in [0.15, 0.2) is 96.8 Å². The predicted octanol–water partition coefficient (Wildman–Crippen LogP) is 6.42. The topological polar surface area (TPSA) is 47.9 Å². The third kappa shape index (κ3) is 8.64. The van der Waals surface area contributed by atoms with E-state index in [0.717, 1.165) is 11.3 Å². The average Bonchev–Trinajstić information content (AvgIpc) is 2.97. The van der Waals surface area contributed by atoms with E-state index < -0.39 is 20.2 Å². The SMILES string of the molecule is COc1ccc(COCCC#CC(O)C(F)=C[C@@H](C)[C@@H](C)O[Si](c2ccccc2)(c2ccccc2)C(C)(C)C)cc1. The van der Waals surface area contributed by atoms with Gasteiger partial charge < -0.3 is 19.0 Å². The van der Waals surface area contributed by atoms with E-state index in [-0.39, 0.29) is 17.1 Å². The molecule has 41 heavy (non-hydrogen) atoms. The van der Waals surface area contributed by atoms with Crippen LogP contribution < -0.4 is 15.1 Å². The van der Waals surface area contributed by atoms with Gasteiger partial charge in [-0.25, -0.2) is 4.39 Å². The number of aliphatic hydroxyl groups excluding tert-OH is 1. The van der Waals surface area contributed by atoms with Gasteiger partial charge in [0.05, 0.1) is 20.3 Å². The Kier molecular flexibility index (Phi) is 11.9. The van der Waals surface area contributed by atoms with Crippen LogP contribution in [0.25, 0.3) is 0 Å². The first-order valence-corrected chi connectivity index (χ1v) is 16.0. The van der Waals surface area contributed by atoms with Crippen molar-refractivity contribution in [2.75, 3.05) is 13.7 Å². The standard InChI is InChI=1S/C35H43FO4Si/c1-27(25-33(36)34(37)19-13-14-24-39-26-29-20-22-30(38-6)23-21-29)28(2)40-41(35(3,4)5,31-15-9-7-10-16-31)32-17-11-8-12-18-32/h7-12,15-18,20-23,25,27-28,34,37H,14,24,26H2,1-6H3/t27-,28-,34?/m1/s1. The fourth-order valence-corrected chi connectivity index (χ4v) is 9.62. The number of methoxy groups -OCH3 is 1. The first kappa shape index (κ1) is 32.3. The molecule has 0 amide bonds. The van der Waals surface area contributed by atoms with E-state index in [1.165, 1.54) is 16.4 Å². The zero-order valence-corrected chi connectivity index (χ0v) is 26.1. The van der Waals surface area contributed by atoms with Gasteiger partial charge in [0.2, 0.25) is 0 Å². The Labute approximate surface area is 246 Å². The van der Waals surface area contributed by atoms with E-state index in [1.807, 2.05) is 74.5 Å². The molecule has 0 aliphatic carbocycles. The van der Waals surface area contributed by atoms with Gasteiger partial charge in [-0.15, -0.1) is 0 Å². The minimum absolute atomic E-state index is 0.188. The summed E-state index contributed by atoms with van der Waals surface area (Å²) in [6.07, 6.45) is 0.0310. The van der Waals surface area contributed by atoms with Crippen molar-refractivity contribution >= 4 is 18.7 Å². The van der Waals surface area contributed by atoms with Gasteiger partial charge in [0.1, 0.15) is 11.6 Å². The van der Waals surface area contributed by atoms with Gasteiger partial charge in [-0.2, -0.15) is 0 Å². The van der Waals surface area contributed by atoms with Crippen LogP contribution in [0.3, 0.4) is 0 Å². The summed E-state index contributed by atoms with van der Waals surface area (Å²) < 4.78 is 32.9. The lowest BCUT2D eigenvalue weighted by Gasteiger charge is -2.45. The summed E-state index contributed by atoms with van der Waals surface area (Å²) in [5, 5.41) is 12.5. The van der Waals surface area contributed by atoms with Crippen molar-refractivity contribution < 1.29 is 23.4 Å². The highest BCUT2D eigenvalue weighted by Crippen LogP contribution is 2.38. The number of benzene rings is 3. The van der Waals surface area contributed by atoms with Crippen molar-refractivity contribution in [1.82, 2.24) is 0 Å². The second-order valence-corrected chi connectivity index (χ2v) is 15.5. The van der Waals surface area contributed by atoms with Crippen molar-refractivity contribution in [3.8, 4) is 17.6 Å². The molecule has 3 aromatic carbocycles. The number of ether oxygens (including phenoxy) is 2. The zero-order valence-electron chi connectivity index (χ0n) is 25.1. The minimum atomic E-state index is -2.78. The predicted molar refractivity (Wildman–Crippen MR) is 168 cm³/mol. The Balaban J connectivity index is 1.65. The van der Waals surface area contributed by atoms with Gasteiger partial charge in [-0.1, -0.05) is 112 Å². The molecule has 0 aliphatic rings. The molecule has 6 heteroatoms. The van der Waals surface area contributed by atoms with Crippen LogP contribution in [-0.4, -0.2) is 39.3 Å². The smallest absolute Gasteiger partial charge is 0.261 e. The van der Waals surface area contributed by atoms with Crippen molar-refractivity contribution in [3.63, 3.8) is 0 Å². The summed E-state index contributed by atoms with van der Waals surface area (Å²) in [7, 11) is -1.15. The first-order valence-electron chi connectivity index (χ1n) is 14.1. The Morgan fingerprint density at radius 1 is 0.927 bits per heavy atom. The fourth-order valence-electron chi connectivity index (χ4n) is 4.83. The molecular formula is C35H43FO4Si. The first-order chi connectivity index (χ1) is 19.6. The highest BCUT2D eigenvalue weighted by Gasteiger charge is 2.51. The van der Waals surface area contributed by atoms with Crippen LogP contribution in [0.1, 0.15) is 46.6 Å². The molecule has 3 rings (SSSR count). The fraction of sp³-hybridized carbons (Fsp3) is 0.371. The number of hydrogen-bond acceptors (Lipinski definition) is 4. The molecule has 3 aromatic rings. The number of aliphatic hydroxyl groups is 1. The quantitative estimate of drug-likeness (QED) is 0.154. The largest absolute Gasteiger partial charge is 0.497 e. The number of rotatable bonds is 12. The van der Waals surface area contributed by atoms with Crippen LogP contribution in [0, 0.1) is 17.8 Å². The van der Waals surface area contributed by atoms with Crippen LogP contribution in [0.5, 0.6) is 5.75 Å². The number of halogens is 1. The maximum atomic E-state index is 15.0. The van der Waals surface area contributed by atoms with Crippen molar-refractivity contribution in [1.29, 1.82) is 0 Å². The van der Waals surface area contributed by atoms with Gasteiger partial charge in [-0.3, -0.25) is 0 Å². The van der Waals surface area contributed by atoms with E-state index >= 15 is 4.39 Å². The Hall–Kier alpha value is -3.21. The van der Waals surface area contributed by atoms with E-state index in [0.29, 0.717) is 19.6 Å². The second-order valence-electron chi connectivity index (χ2n) is 11.3. The van der Waals surface area contributed by atoms with Crippen LogP contribution >= 0.6 is 0 Å². The molecule has 4 nitrogen and oxygen atoms in total. The van der Waals surface area contributed by atoms with Gasteiger partial charge >= 0.3 is 0 Å². The van der Waals surface area contributed by atoms with Gasteiger partial charge in [0.25, 0.3) is 8.32 Å². The Bertz CT molecular complexity index is 1250. The maximum Gasteiger partial charge on any atom is 0.261 e. The highest BCUT2D eigenvalue weighted by molar-refractivity contribution is 6.99. The molecule has 0 saturated heterocycles. The van der Waals surface area contributed by atoms with Crippen LogP contribution in [0.2, 0.25) is 5.04 Å². The molecule has 1 unspecified atom stereocenters. The van der Waals surface area contributed by atoms with Crippen molar-refractivity contribution in [2.24, 2.45) is 5.92 Å². The average molecular weight is 575 g/mol. The third-order valence-corrected chi connectivity index (χ3v) is 12.4. The lowest BCUT2D eigenvalue weighted by Crippen LogP contribution is -2.67.